The Morgan fingerprint density at radius 2 is 1.84 bits per heavy atom. The van der Waals surface area contributed by atoms with Gasteiger partial charge in [-0.25, -0.2) is 0 Å². The average Bonchev–Trinajstić information content (AvgIpc) is 3.00. The Morgan fingerprint density at radius 3 is 2.42 bits per heavy atom. The van der Waals surface area contributed by atoms with Crippen LogP contribution in [-0.2, 0) is 0 Å². The van der Waals surface area contributed by atoms with Crippen molar-refractivity contribution >= 4 is 17.8 Å². The zero-order chi connectivity index (χ0) is 13.3. The van der Waals surface area contributed by atoms with E-state index >= 15 is 0 Å². The van der Waals surface area contributed by atoms with E-state index in [1.807, 2.05) is 0 Å². The van der Waals surface area contributed by atoms with Crippen molar-refractivity contribution in [2.75, 3.05) is 42.3 Å². The molecule has 0 bridgehead atoms. The molecule has 3 N–H and O–H groups in total. The van der Waals surface area contributed by atoms with Crippen LogP contribution in [-0.4, -0.2) is 52.3 Å². The highest BCUT2D eigenvalue weighted by Crippen LogP contribution is 2.37. The number of aliphatic hydroxyl groups excluding tert-OH is 1. The molecule has 1 saturated carbocycles. The number of hydrogen-bond donors (Lipinski definition) is 3. The average molecular weight is 264 g/mol. The predicted octanol–water partition coefficient (Wildman–Crippen LogP) is 0.450. The summed E-state index contributed by atoms with van der Waals surface area (Å²) in [5.41, 5.74) is -0.214. The van der Waals surface area contributed by atoms with Crippen LogP contribution in [0.3, 0.4) is 0 Å². The van der Waals surface area contributed by atoms with Gasteiger partial charge in [-0.1, -0.05) is 0 Å². The summed E-state index contributed by atoms with van der Waals surface area (Å²) in [5, 5.41) is 15.6. The van der Waals surface area contributed by atoms with E-state index in [1.54, 1.807) is 7.05 Å². The fourth-order valence-corrected chi connectivity index (χ4v) is 2.30. The standard InChI is InChI=1S/C12H20N6O/c1-13-9-14-10(17-12(8-19)4-5-12)16-11(15-9)18-6-2-3-7-18/h19H,2-8H2,1H3,(H2,13,14,15,16,17). The molecule has 0 radical (unpaired) electrons. The van der Waals surface area contributed by atoms with E-state index in [1.165, 1.54) is 12.8 Å². The minimum atomic E-state index is -0.214. The van der Waals surface area contributed by atoms with Crippen LogP contribution in [0, 0.1) is 0 Å². The van der Waals surface area contributed by atoms with Crippen LogP contribution in [0.25, 0.3) is 0 Å². The first-order valence-corrected chi connectivity index (χ1v) is 6.82. The highest BCUT2D eigenvalue weighted by molar-refractivity contribution is 5.46. The Bertz CT molecular complexity index is 456. The molecule has 104 valence electrons. The molecule has 0 amide bonds. The van der Waals surface area contributed by atoms with Crippen LogP contribution in [0.1, 0.15) is 25.7 Å². The van der Waals surface area contributed by atoms with Gasteiger partial charge in [-0.2, -0.15) is 15.0 Å². The zero-order valence-electron chi connectivity index (χ0n) is 11.2. The summed E-state index contributed by atoms with van der Waals surface area (Å²) in [7, 11) is 1.80. The summed E-state index contributed by atoms with van der Waals surface area (Å²) >= 11 is 0. The topological polar surface area (TPSA) is 86.2 Å². The van der Waals surface area contributed by atoms with Crippen molar-refractivity contribution in [1.82, 2.24) is 15.0 Å². The lowest BCUT2D eigenvalue weighted by Gasteiger charge is -2.19. The molecular weight excluding hydrogens is 244 g/mol. The molecular formula is C12H20N6O. The summed E-state index contributed by atoms with van der Waals surface area (Å²) in [6, 6.07) is 0. The van der Waals surface area contributed by atoms with Gasteiger partial charge in [-0.15, -0.1) is 0 Å². The molecule has 0 spiro atoms. The number of nitrogens with zero attached hydrogens (tertiary/aromatic N) is 4. The normalized spacial score (nSPS) is 20.4. The molecule has 3 rings (SSSR count). The van der Waals surface area contributed by atoms with Crippen LogP contribution < -0.4 is 15.5 Å². The lowest BCUT2D eigenvalue weighted by atomic mass is 10.3. The Labute approximate surface area is 112 Å². The number of nitrogens with one attached hydrogen (secondary N) is 2. The van der Waals surface area contributed by atoms with E-state index in [2.05, 4.69) is 30.5 Å². The number of anilines is 3. The van der Waals surface area contributed by atoms with Crippen LogP contribution >= 0.6 is 0 Å². The lowest BCUT2D eigenvalue weighted by Crippen LogP contribution is -2.28. The van der Waals surface area contributed by atoms with Gasteiger partial charge < -0.3 is 20.6 Å². The first-order valence-electron chi connectivity index (χ1n) is 6.82. The van der Waals surface area contributed by atoms with Crippen molar-refractivity contribution in [3.63, 3.8) is 0 Å². The third kappa shape index (κ3) is 2.56. The van der Waals surface area contributed by atoms with E-state index in [4.69, 9.17) is 0 Å². The fourth-order valence-electron chi connectivity index (χ4n) is 2.30. The van der Waals surface area contributed by atoms with Gasteiger partial charge >= 0.3 is 0 Å². The van der Waals surface area contributed by atoms with Gasteiger partial charge in [0.05, 0.1) is 12.1 Å². The summed E-state index contributed by atoms with van der Waals surface area (Å²) < 4.78 is 0. The molecule has 2 fully saturated rings. The van der Waals surface area contributed by atoms with Gasteiger partial charge in [-0.05, 0) is 25.7 Å². The molecule has 1 aromatic heterocycles. The molecule has 1 aliphatic heterocycles. The molecule has 19 heavy (non-hydrogen) atoms. The minimum absolute atomic E-state index is 0.118. The lowest BCUT2D eigenvalue weighted by molar-refractivity contribution is 0.265. The second-order valence-electron chi connectivity index (χ2n) is 5.29. The van der Waals surface area contributed by atoms with Gasteiger partial charge in [0.2, 0.25) is 17.8 Å². The monoisotopic (exact) mass is 264 g/mol. The van der Waals surface area contributed by atoms with E-state index < -0.39 is 0 Å². The van der Waals surface area contributed by atoms with Gasteiger partial charge in [-0.3, -0.25) is 0 Å². The van der Waals surface area contributed by atoms with Crippen molar-refractivity contribution in [3.05, 3.63) is 0 Å². The van der Waals surface area contributed by atoms with Crippen molar-refractivity contribution in [1.29, 1.82) is 0 Å². The van der Waals surface area contributed by atoms with Crippen molar-refractivity contribution in [3.8, 4) is 0 Å². The highest BCUT2D eigenvalue weighted by Gasteiger charge is 2.43. The third-order valence-electron chi connectivity index (χ3n) is 3.77. The quantitative estimate of drug-likeness (QED) is 0.712. The zero-order valence-corrected chi connectivity index (χ0v) is 11.2. The molecule has 2 aliphatic rings. The molecule has 7 heteroatoms. The molecule has 2 heterocycles. The van der Waals surface area contributed by atoms with Crippen molar-refractivity contribution in [2.24, 2.45) is 0 Å². The van der Waals surface area contributed by atoms with Crippen LogP contribution in [0.4, 0.5) is 17.8 Å². The molecule has 1 saturated heterocycles. The van der Waals surface area contributed by atoms with Gasteiger partial charge in [0, 0.05) is 20.1 Å². The Kier molecular flexibility index (Phi) is 3.14. The second kappa shape index (κ2) is 4.80. The molecule has 1 aromatic rings. The van der Waals surface area contributed by atoms with Gasteiger partial charge in [0.1, 0.15) is 0 Å². The van der Waals surface area contributed by atoms with Crippen molar-refractivity contribution < 1.29 is 5.11 Å². The predicted molar refractivity (Wildman–Crippen MR) is 73.5 cm³/mol. The van der Waals surface area contributed by atoms with E-state index in [0.717, 1.165) is 25.9 Å². The van der Waals surface area contributed by atoms with E-state index in [0.29, 0.717) is 17.8 Å². The van der Waals surface area contributed by atoms with Crippen molar-refractivity contribution in [2.45, 2.75) is 31.2 Å². The van der Waals surface area contributed by atoms with Crippen LogP contribution in [0.2, 0.25) is 0 Å². The van der Waals surface area contributed by atoms with Gasteiger partial charge in [0.25, 0.3) is 0 Å². The Balaban J connectivity index is 1.84. The first kappa shape index (κ1) is 12.4. The van der Waals surface area contributed by atoms with Crippen LogP contribution in [0.15, 0.2) is 0 Å². The first-order chi connectivity index (χ1) is 9.24. The van der Waals surface area contributed by atoms with Gasteiger partial charge in [0.15, 0.2) is 0 Å². The highest BCUT2D eigenvalue weighted by atomic mass is 16.3. The van der Waals surface area contributed by atoms with Crippen LogP contribution in [0.5, 0.6) is 0 Å². The SMILES string of the molecule is CNc1nc(NC2(CO)CC2)nc(N2CCCC2)n1. The maximum absolute atomic E-state index is 9.37. The number of aromatic nitrogens is 3. The largest absolute Gasteiger partial charge is 0.394 e. The Hall–Kier alpha value is -1.63. The fraction of sp³-hybridized carbons (Fsp3) is 0.750. The number of aliphatic hydroxyl groups is 1. The maximum Gasteiger partial charge on any atom is 0.231 e. The summed E-state index contributed by atoms with van der Waals surface area (Å²) in [6.45, 7) is 2.11. The third-order valence-corrected chi connectivity index (χ3v) is 3.77. The van der Waals surface area contributed by atoms with E-state index in [-0.39, 0.29) is 12.1 Å². The summed E-state index contributed by atoms with van der Waals surface area (Å²) in [6.07, 6.45) is 4.29. The minimum Gasteiger partial charge on any atom is -0.394 e. The number of rotatable bonds is 5. The van der Waals surface area contributed by atoms with E-state index in [9.17, 15) is 5.11 Å². The summed E-state index contributed by atoms with van der Waals surface area (Å²) in [5.74, 6) is 1.83. The molecule has 1 aliphatic carbocycles. The smallest absolute Gasteiger partial charge is 0.231 e. The molecule has 0 aromatic carbocycles. The molecule has 7 nitrogen and oxygen atoms in total. The maximum atomic E-state index is 9.37. The second-order valence-corrected chi connectivity index (χ2v) is 5.29. The molecule has 0 unspecified atom stereocenters. The summed E-state index contributed by atoms with van der Waals surface area (Å²) in [4.78, 5) is 15.4. The number of hydrogen-bond acceptors (Lipinski definition) is 7. The Morgan fingerprint density at radius 1 is 1.16 bits per heavy atom. The molecule has 0 atom stereocenters.